The molecule has 1 amide bonds. The number of alkyl halides is 3. The van der Waals surface area contributed by atoms with Gasteiger partial charge in [0, 0.05) is 0 Å². The van der Waals surface area contributed by atoms with Crippen molar-refractivity contribution in [3.63, 3.8) is 0 Å². The second-order valence-corrected chi connectivity index (χ2v) is 4.87. The van der Waals surface area contributed by atoms with E-state index in [2.05, 4.69) is 4.74 Å². The maximum atomic E-state index is 12.1. The van der Waals surface area contributed by atoms with Crippen LogP contribution in [0.15, 0.2) is 0 Å². The zero-order valence-electron chi connectivity index (χ0n) is 8.79. The molecule has 0 saturated heterocycles. The van der Waals surface area contributed by atoms with Crippen molar-refractivity contribution in [2.75, 3.05) is 0 Å². The third-order valence-electron chi connectivity index (χ3n) is 1.15. The molecule has 0 aliphatic rings. The standard InChI is InChI=1S/C7H12F3NO4S/c1-6(2,3)15-5(12)11-4(16(13)14)7(8,9)10/h4H,1-3H3,(H,11,12)(H,13,14)/t4-/m1/s1. The molecule has 0 fully saturated rings. The van der Waals surface area contributed by atoms with Gasteiger partial charge in [-0.1, -0.05) is 0 Å². The van der Waals surface area contributed by atoms with E-state index < -0.39 is 34.3 Å². The van der Waals surface area contributed by atoms with Crippen molar-refractivity contribution >= 4 is 17.2 Å². The topological polar surface area (TPSA) is 75.6 Å². The molecule has 0 aromatic carbocycles. The van der Waals surface area contributed by atoms with E-state index in [0.717, 1.165) is 0 Å². The average molecular weight is 263 g/mol. The number of hydrogen-bond donors (Lipinski definition) is 2. The fourth-order valence-electron chi connectivity index (χ4n) is 0.661. The number of amides is 1. The van der Waals surface area contributed by atoms with Crippen LogP contribution in [0.5, 0.6) is 0 Å². The van der Waals surface area contributed by atoms with E-state index in [1.54, 1.807) is 0 Å². The van der Waals surface area contributed by atoms with E-state index in [9.17, 15) is 22.2 Å². The highest BCUT2D eigenvalue weighted by molar-refractivity contribution is 7.79. The molecule has 1 unspecified atom stereocenters. The minimum absolute atomic E-state index is 0.989. The van der Waals surface area contributed by atoms with E-state index >= 15 is 0 Å². The normalized spacial score (nSPS) is 16.4. The number of rotatable bonds is 2. The largest absolute Gasteiger partial charge is 0.444 e. The molecule has 0 aromatic rings. The molecule has 0 radical (unpaired) electrons. The molecule has 0 aliphatic carbocycles. The Morgan fingerprint density at radius 2 is 1.81 bits per heavy atom. The lowest BCUT2D eigenvalue weighted by Crippen LogP contribution is -2.49. The van der Waals surface area contributed by atoms with Crippen LogP contribution in [0, 0.1) is 0 Å². The summed E-state index contributed by atoms with van der Waals surface area (Å²) in [6.45, 7) is 4.35. The average Bonchev–Trinajstić information content (AvgIpc) is 1.93. The molecule has 9 heteroatoms. The zero-order chi connectivity index (χ0) is 13.1. The lowest BCUT2D eigenvalue weighted by Gasteiger charge is -2.23. The Balaban J connectivity index is 4.56. The Labute approximate surface area is 92.6 Å². The molecule has 0 saturated carbocycles. The van der Waals surface area contributed by atoms with E-state index in [-0.39, 0.29) is 0 Å². The summed E-state index contributed by atoms with van der Waals surface area (Å²) >= 11 is -3.26. The Bertz CT molecular complexity index is 286. The summed E-state index contributed by atoms with van der Waals surface area (Å²) in [6, 6.07) is 0. The number of hydrogen-bond acceptors (Lipinski definition) is 3. The molecule has 0 bridgehead atoms. The Kier molecular flexibility index (Phi) is 4.74. The van der Waals surface area contributed by atoms with Gasteiger partial charge in [-0.15, -0.1) is 0 Å². The third kappa shape index (κ3) is 5.91. The summed E-state index contributed by atoms with van der Waals surface area (Å²) in [5, 5.41) is -1.58. The van der Waals surface area contributed by atoms with Gasteiger partial charge in [-0.25, -0.2) is 9.00 Å². The number of nitrogens with one attached hydrogen (secondary N) is 1. The van der Waals surface area contributed by atoms with E-state index in [0.29, 0.717) is 0 Å². The van der Waals surface area contributed by atoms with Crippen molar-refractivity contribution in [2.24, 2.45) is 0 Å². The lowest BCUT2D eigenvalue weighted by molar-refractivity contribution is -0.135. The minimum atomic E-state index is -5.02. The van der Waals surface area contributed by atoms with Gasteiger partial charge in [0.1, 0.15) is 5.60 Å². The van der Waals surface area contributed by atoms with Crippen molar-refractivity contribution in [3.05, 3.63) is 0 Å². The predicted molar refractivity (Wildman–Crippen MR) is 50.0 cm³/mol. The first-order valence-corrected chi connectivity index (χ1v) is 5.26. The molecule has 96 valence electrons. The van der Waals surface area contributed by atoms with Gasteiger partial charge in [-0.2, -0.15) is 13.2 Å². The van der Waals surface area contributed by atoms with Gasteiger partial charge in [-0.05, 0) is 20.8 Å². The maximum absolute atomic E-state index is 12.1. The lowest BCUT2D eigenvalue weighted by atomic mass is 10.2. The first-order valence-electron chi connectivity index (χ1n) is 4.09. The quantitative estimate of drug-likeness (QED) is 0.742. The molecular weight excluding hydrogens is 251 g/mol. The summed E-state index contributed by atoms with van der Waals surface area (Å²) < 4.78 is 59.7. The van der Waals surface area contributed by atoms with Crippen molar-refractivity contribution < 1.29 is 31.5 Å². The molecule has 0 rings (SSSR count). The fourth-order valence-corrected chi connectivity index (χ4v) is 1.09. The van der Waals surface area contributed by atoms with Gasteiger partial charge in [-0.3, -0.25) is 5.32 Å². The van der Waals surface area contributed by atoms with Crippen LogP contribution < -0.4 is 5.32 Å². The van der Waals surface area contributed by atoms with Crippen LogP contribution >= 0.6 is 0 Å². The van der Waals surface area contributed by atoms with Crippen molar-refractivity contribution in [1.29, 1.82) is 0 Å². The second kappa shape index (κ2) is 5.00. The molecular formula is C7H12F3NO4S. The van der Waals surface area contributed by atoms with Crippen LogP contribution in [-0.4, -0.2) is 32.0 Å². The van der Waals surface area contributed by atoms with Crippen LogP contribution in [0.4, 0.5) is 18.0 Å². The van der Waals surface area contributed by atoms with Gasteiger partial charge in [0.2, 0.25) is 5.37 Å². The first-order chi connectivity index (χ1) is 6.93. The van der Waals surface area contributed by atoms with E-state index in [4.69, 9.17) is 4.55 Å². The van der Waals surface area contributed by atoms with E-state index in [1.165, 1.54) is 26.1 Å². The molecule has 0 spiro atoms. The SMILES string of the molecule is CC(C)(C)OC(=O)N[C@H](S(=O)O)C(F)(F)F. The molecule has 0 aliphatic heterocycles. The van der Waals surface area contributed by atoms with Crippen molar-refractivity contribution in [2.45, 2.75) is 37.9 Å². The van der Waals surface area contributed by atoms with Crippen LogP contribution in [-0.2, 0) is 15.8 Å². The molecule has 0 heterocycles. The predicted octanol–water partition coefficient (Wildman–Crippen LogP) is 1.62. The van der Waals surface area contributed by atoms with Gasteiger partial charge in [0.25, 0.3) is 0 Å². The number of carbonyl (C=O) groups is 1. The molecule has 16 heavy (non-hydrogen) atoms. The second-order valence-electron chi connectivity index (χ2n) is 3.84. The Morgan fingerprint density at radius 1 is 1.38 bits per heavy atom. The summed E-state index contributed by atoms with van der Waals surface area (Å²) in [5.74, 6) is 0. The van der Waals surface area contributed by atoms with Gasteiger partial charge < -0.3 is 9.29 Å². The third-order valence-corrected chi connectivity index (χ3v) is 1.94. The number of ether oxygens (including phenoxy) is 1. The highest BCUT2D eigenvalue weighted by Gasteiger charge is 2.45. The Hall–Kier alpha value is -0.830. The van der Waals surface area contributed by atoms with Crippen molar-refractivity contribution in [1.82, 2.24) is 5.32 Å². The summed E-state index contributed by atoms with van der Waals surface area (Å²) in [5.41, 5.74) is -0.989. The fraction of sp³-hybridized carbons (Fsp3) is 0.857. The first kappa shape index (κ1) is 15.2. The smallest absolute Gasteiger partial charge is 0.423 e. The van der Waals surface area contributed by atoms with Crippen LogP contribution in [0.1, 0.15) is 20.8 Å². The van der Waals surface area contributed by atoms with Crippen LogP contribution in [0.2, 0.25) is 0 Å². The van der Waals surface area contributed by atoms with Crippen LogP contribution in [0.25, 0.3) is 0 Å². The monoisotopic (exact) mass is 263 g/mol. The van der Waals surface area contributed by atoms with Gasteiger partial charge >= 0.3 is 12.3 Å². The summed E-state index contributed by atoms with van der Waals surface area (Å²) in [6.07, 6.45) is -6.42. The Morgan fingerprint density at radius 3 is 2.06 bits per heavy atom. The highest BCUT2D eigenvalue weighted by Crippen LogP contribution is 2.22. The van der Waals surface area contributed by atoms with Gasteiger partial charge in [0.15, 0.2) is 11.1 Å². The van der Waals surface area contributed by atoms with E-state index in [1.807, 2.05) is 0 Å². The summed E-state index contributed by atoms with van der Waals surface area (Å²) in [7, 11) is 0. The maximum Gasteiger partial charge on any atom is 0.423 e. The number of halogens is 3. The van der Waals surface area contributed by atoms with Gasteiger partial charge in [0.05, 0.1) is 0 Å². The molecule has 5 nitrogen and oxygen atoms in total. The highest BCUT2D eigenvalue weighted by atomic mass is 32.2. The minimum Gasteiger partial charge on any atom is -0.444 e. The summed E-state index contributed by atoms with van der Waals surface area (Å²) in [4.78, 5) is 10.9. The zero-order valence-corrected chi connectivity index (χ0v) is 9.61. The molecule has 0 aromatic heterocycles. The molecule has 2 N–H and O–H groups in total. The van der Waals surface area contributed by atoms with Crippen LogP contribution in [0.3, 0.4) is 0 Å². The van der Waals surface area contributed by atoms with Crippen molar-refractivity contribution in [3.8, 4) is 0 Å². The molecule has 2 atom stereocenters. The number of alkyl carbamates (subject to hydrolysis) is 1. The number of carbonyl (C=O) groups excluding carboxylic acids is 1.